The number of amides is 1. The Hall–Kier alpha value is -1.59. The van der Waals surface area contributed by atoms with Gasteiger partial charge < -0.3 is 20.3 Å². The molecule has 9 nitrogen and oxygen atoms in total. The Bertz CT molecular complexity index is 627. The van der Waals surface area contributed by atoms with E-state index in [0.717, 1.165) is 31.8 Å². The fraction of sp³-hybridized carbons (Fsp3) is 0.765. The number of hydrogen-bond acceptors (Lipinski definition) is 5. The Morgan fingerprint density at radius 2 is 2.15 bits per heavy atom. The standard InChI is InChI=1S/C17H31N7O2.HI/c1-17(2,3)26-16(25)24-8-6-7-13(11-24)9-19-15(18-4)20-10-14-21-12-22-23(14)5;/h12-13H,6-11H2,1-5H3,(H2,18,19,20);1H. The second kappa shape index (κ2) is 10.7. The van der Waals surface area contributed by atoms with Crippen molar-refractivity contribution in [2.45, 2.75) is 45.8 Å². The lowest BCUT2D eigenvalue weighted by atomic mass is 9.98. The number of aryl methyl sites for hydroxylation is 1. The SMILES string of the molecule is CN=C(NCc1ncnn1C)NCC1CCCN(C(=O)OC(C)(C)C)C1.I. The molecule has 1 fully saturated rings. The number of ether oxygens (including phenoxy) is 1. The Morgan fingerprint density at radius 3 is 2.74 bits per heavy atom. The van der Waals surface area contributed by atoms with Gasteiger partial charge in [-0.1, -0.05) is 0 Å². The van der Waals surface area contributed by atoms with Gasteiger partial charge in [0.2, 0.25) is 0 Å². The molecule has 2 rings (SSSR count). The molecule has 27 heavy (non-hydrogen) atoms. The van der Waals surface area contributed by atoms with Crippen molar-refractivity contribution in [1.29, 1.82) is 0 Å². The quantitative estimate of drug-likeness (QED) is 0.377. The van der Waals surface area contributed by atoms with E-state index in [1.807, 2.05) is 27.8 Å². The molecule has 1 amide bonds. The van der Waals surface area contributed by atoms with Gasteiger partial charge in [-0.25, -0.2) is 9.78 Å². The van der Waals surface area contributed by atoms with E-state index < -0.39 is 5.60 Å². The van der Waals surface area contributed by atoms with Crippen LogP contribution in [0.25, 0.3) is 0 Å². The summed E-state index contributed by atoms with van der Waals surface area (Å²) in [5.74, 6) is 1.91. The smallest absolute Gasteiger partial charge is 0.410 e. The van der Waals surface area contributed by atoms with Crippen LogP contribution in [0.15, 0.2) is 11.3 Å². The highest BCUT2D eigenvalue weighted by molar-refractivity contribution is 14.0. The number of halogens is 1. The molecule has 0 spiro atoms. The van der Waals surface area contributed by atoms with Crippen molar-refractivity contribution in [2.24, 2.45) is 18.0 Å². The summed E-state index contributed by atoms with van der Waals surface area (Å²) in [7, 11) is 3.59. The van der Waals surface area contributed by atoms with Gasteiger partial charge in [0.15, 0.2) is 5.96 Å². The van der Waals surface area contributed by atoms with Crippen molar-refractivity contribution in [3.05, 3.63) is 12.2 Å². The molecule has 1 aromatic rings. The second-order valence-electron chi connectivity index (χ2n) is 7.54. The normalized spacial score (nSPS) is 17.9. The third-order valence-corrected chi connectivity index (χ3v) is 4.17. The number of hydrogen-bond donors (Lipinski definition) is 2. The van der Waals surface area contributed by atoms with Crippen molar-refractivity contribution in [3.8, 4) is 0 Å². The van der Waals surface area contributed by atoms with Crippen LogP contribution in [-0.2, 0) is 18.3 Å². The lowest BCUT2D eigenvalue weighted by Gasteiger charge is -2.34. The summed E-state index contributed by atoms with van der Waals surface area (Å²) >= 11 is 0. The van der Waals surface area contributed by atoms with Crippen molar-refractivity contribution in [1.82, 2.24) is 30.3 Å². The summed E-state index contributed by atoms with van der Waals surface area (Å²) in [6.07, 6.45) is 3.36. The number of aliphatic imine (C=N–C) groups is 1. The van der Waals surface area contributed by atoms with Crippen LogP contribution in [-0.4, -0.2) is 64.0 Å². The van der Waals surface area contributed by atoms with Gasteiger partial charge in [0.25, 0.3) is 0 Å². The van der Waals surface area contributed by atoms with Crippen molar-refractivity contribution in [3.63, 3.8) is 0 Å². The highest BCUT2D eigenvalue weighted by atomic mass is 127. The first-order valence-corrected chi connectivity index (χ1v) is 9.04. The van der Waals surface area contributed by atoms with E-state index in [-0.39, 0.29) is 30.1 Å². The van der Waals surface area contributed by atoms with E-state index in [1.165, 1.54) is 6.33 Å². The predicted molar refractivity (Wildman–Crippen MR) is 115 cm³/mol. The van der Waals surface area contributed by atoms with Gasteiger partial charge in [0.1, 0.15) is 17.8 Å². The number of carbonyl (C=O) groups excluding carboxylic acids is 1. The van der Waals surface area contributed by atoms with E-state index >= 15 is 0 Å². The maximum absolute atomic E-state index is 12.3. The average molecular weight is 493 g/mol. The van der Waals surface area contributed by atoms with Gasteiger partial charge in [0, 0.05) is 33.7 Å². The molecular weight excluding hydrogens is 461 g/mol. The van der Waals surface area contributed by atoms with E-state index in [4.69, 9.17) is 4.74 Å². The van der Waals surface area contributed by atoms with Gasteiger partial charge in [-0.2, -0.15) is 5.10 Å². The van der Waals surface area contributed by atoms with Gasteiger partial charge >= 0.3 is 6.09 Å². The number of likely N-dealkylation sites (tertiary alicyclic amines) is 1. The van der Waals surface area contributed by atoms with Gasteiger partial charge in [0.05, 0.1) is 6.54 Å². The van der Waals surface area contributed by atoms with Crippen LogP contribution >= 0.6 is 24.0 Å². The molecule has 1 saturated heterocycles. The molecule has 0 bridgehead atoms. The number of aromatic nitrogens is 3. The Balaban J connectivity index is 0.00000364. The average Bonchev–Trinajstić information content (AvgIpc) is 2.99. The van der Waals surface area contributed by atoms with E-state index in [9.17, 15) is 4.79 Å². The molecule has 10 heteroatoms. The summed E-state index contributed by atoms with van der Waals surface area (Å²) < 4.78 is 7.20. The Kier molecular flexibility index (Phi) is 9.27. The predicted octanol–water partition coefficient (Wildman–Crippen LogP) is 1.75. The molecule has 0 saturated carbocycles. The minimum absolute atomic E-state index is 0. The zero-order chi connectivity index (χ0) is 19.2. The highest BCUT2D eigenvalue weighted by Crippen LogP contribution is 2.18. The van der Waals surface area contributed by atoms with Gasteiger partial charge in [-0.15, -0.1) is 24.0 Å². The van der Waals surface area contributed by atoms with E-state index in [1.54, 1.807) is 16.6 Å². The van der Waals surface area contributed by atoms with Crippen LogP contribution in [0.2, 0.25) is 0 Å². The first-order valence-electron chi connectivity index (χ1n) is 9.04. The van der Waals surface area contributed by atoms with E-state index in [0.29, 0.717) is 25.0 Å². The molecule has 1 aliphatic heterocycles. The van der Waals surface area contributed by atoms with Gasteiger partial charge in [-0.05, 0) is 39.5 Å². The van der Waals surface area contributed by atoms with Crippen LogP contribution in [0.4, 0.5) is 4.79 Å². The zero-order valence-electron chi connectivity index (χ0n) is 16.9. The molecule has 1 aromatic heterocycles. The van der Waals surface area contributed by atoms with Crippen LogP contribution in [0.5, 0.6) is 0 Å². The number of nitrogens with zero attached hydrogens (tertiary/aromatic N) is 5. The summed E-state index contributed by atoms with van der Waals surface area (Å²) in [5, 5.41) is 10.6. The molecule has 2 heterocycles. The lowest BCUT2D eigenvalue weighted by molar-refractivity contribution is 0.0168. The highest BCUT2D eigenvalue weighted by Gasteiger charge is 2.27. The molecule has 0 aliphatic carbocycles. The molecule has 0 radical (unpaired) electrons. The van der Waals surface area contributed by atoms with Crippen molar-refractivity contribution >= 4 is 36.0 Å². The first-order chi connectivity index (χ1) is 12.3. The summed E-state index contributed by atoms with van der Waals surface area (Å²) in [4.78, 5) is 22.5. The molecule has 154 valence electrons. The van der Waals surface area contributed by atoms with Gasteiger partial charge in [-0.3, -0.25) is 9.67 Å². The molecule has 1 atom stereocenters. The molecule has 1 aliphatic rings. The lowest BCUT2D eigenvalue weighted by Crippen LogP contribution is -2.47. The zero-order valence-corrected chi connectivity index (χ0v) is 19.2. The topological polar surface area (TPSA) is 96.7 Å². The third kappa shape index (κ3) is 7.89. The number of carbonyl (C=O) groups is 1. The van der Waals surface area contributed by atoms with Crippen LogP contribution in [0.3, 0.4) is 0 Å². The molecule has 0 aromatic carbocycles. The van der Waals surface area contributed by atoms with Crippen LogP contribution in [0.1, 0.15) is 39.4 Å². The minimum atomic E-state index is -0.464. The minimum Gasteiger partial charge on any atom is -0.444 e. The molecule has 1 unspecified atom stereocenters. The third-order valence-electron chi connectivity index (χ3n) is 4.17. The Labute approximate surface area is 178 Å². The van der Waals surface area contributed by atoms with Crippen molar-refractivity contribution < 1.29 is 9.53 Å². The second-order valence-corrected chi connectivity index (χ2v) is 7.54. The maximum Gasteiger partial charge on any atom is 0.410 e. The monoisotopic (exact) mass is 493 g/mol. The van der Waals surface area contributed by atoms with Crippen molar-refractivity contribution in [2.75, 3.05) is 26.7 Å². The molecular formula is C17H32IN7O2. The summed E-state index contributed by atoms with van der Waals surface area (Å²) in [5.41, 5.74) is -0.464. The first kappa shape index (κ1) is 23.4. The molecule has 2 N–H and O–H groups in total. The number of piperidine rings is 1. The fourth-order valence-corrected chi connectivity index (χ4v) is 2.83. The van der Waals surface area contributed by atoms with E-state index in [2.05, 4.69) is 25.7 Å². The fourth-order valence-electron chi connectivity index (χ4n) is 2.83. The van der Waals surface area contributed by atoms with Crippen LogP contribution < -0.4 is 10.6 Å². The number of guanidine groups is 1. The number of nitrogens with one attached hydrogen (secondary N) is 2. The summed E-state index contributed by atoms with van der Waals surface area (Å²) in [6.45, 7) is 8.41. The van der Waals surface area contributed by atoms with Crippen LogP contribution in [0, 0.1) is 5.92 Å². The number of rotatable bonds is 4. The Morgan fingerprint density at radius 1 is 1.41 bits per heavy atom. The largest absolute Gasteiger partial charge is 0.444 e. The maximum atomic E-state index is 12.3. The summed E-state index contributed by atoms with van der Waals surface area (Å²) in [6, 6.07) is 0.